The number of carbonyl (C=O) groups excluding carboxylic acids is 1. The van der Waals surface area contributed by atoms with Gasteiger partial charge in [0.2, 0.25) is 5.88 Å². The minimum atomic E-state index is -1.15. The summed E-state index contributed by atoms with van der Waals surface area (Å²) in [6.45, 7) is 0.276. The molecule has 0 unspecified atom stereocenters. The monoisotopic (exact) mass is 293 g/mol. The Bertz CT molecular complexity index is 624. The fourth-order valence-electron chi connectivity index (χ4n) is 1.37. The van der Waals surface area contributed by atoms with Gasteiger partial charge in [0.25, 0.3) is 5.91 Å². The minimum Gasteiger partial charge on any atom is -0.481 e. The molecule has 0 bridgehead atoms. The van der Waals surface area contributed by atoms with E-state index in [-0.39, 0.29) is 17.2 Å². The molecule has 0 aliphatic carbocycles. The number of pyridine rings is 1. The van der Waals surface area contributed by atoms with E-state index in [1.165, 1.54) is 12.5 Å². The maximum Gasteiger partial charge on any atom is 0.355 e. The van der Waals surface area contributed by atoms with Crippen molar-refractivity contribution in [2.45, 2.75) is 6.54 Å². The highest BCUT2D eigenvalue weighted by atomic mass is 32.1. The second-order valence-electron chi connectivity index (χ2n) is 3.73. The SMILES string of the molecule is COc1ccc(CNC(=O)c2nc(C(=O)O)cs2)cn1. The van der Waals surface area contributed by atoms with Gasteiger partial charge in [-0.15, -0.1) is 11.3 Å². The van der Waals surface area contributed by atoms with Gasteiger partial charge in [0, 0.05) is 24.2 Å². The van der Waals surface area contributed by atoms with E-state index in [4.69, 9.17) is 9.84 Å². The van der Waals surface area contributed by atoms with Gasteiger partial charge < -0.3 is 15.2 Å². The largest absolute Gasteiger partial charge is 0.481 e. The third kappa shape index (κ3) is 3.29. The van der Waals surface area contributed by atoms with Crippen LogP contribution >= 0.6 is 11.3 Å². The molecular formula is C12H11N3O4S. The first-order chi connectivity index (χ1) is 9.60. The first-order valence-corrected chi connectivity index (χ1v) is 6.44. The van der Waals surface area contributed by atoms with Crippen molar-refractivity contribution in [2.24, 2.45) is 0 Å². The lowest BCUT2D eigenvalue weighted by Gasteiger charge is -2.03. The molecule has 2 rings (SSSR count). The van der Waals surface area contributed by atoms with Crippen LogP contribution in [0.3, 0.4) is 0 Å². The molecule has 2 N–H and O–H groups in total. The zero-order valence-electron chi connectivity index (χ0n) is 10.5. The summed E-state index contributed by atoms with van der Waals surface area (Å²) in [6, 6.07) is 3.46. The van der Waals surface area contributed by atoms with Crippen LogP contribution in [0, 0.1) is 0 Å². The summed E-state index contributed by atoms with van der Waals surface area (Å²) >= 11 is 0.988. The first kappa shape index (κ1) is 13.9. The van der Waals surface area contributed by atoms with E-state index in [0.29, 0.717) is 5.88 Å². The first-order valence-electron chi connectivity index (χ1n) is 5.56. The summed E-state index contributed by atoms with van der Waals surface area (Å²) in [5.74, 6) is -1.08. The number of carboxylic acids is 1. The van der Waals surface area contributed by atoms with Gasteiger partial charge in [0.1, 0.15) is 0 Å². The summed E-state index contributed by atoms with van der Waals surface area (Å²) in [4.78, 5) is 30.2. The molecule has 8 heteroatoms. The van der Waals surface area contributed by atoms with Gasteiger partial charge in [-0.3, -0.25) is 4.79 Å². The van der Waals surface area contributed by atoms with E-state index in [1.807, 2.05) is 0 Å². The maximum absolute atomic E-state index is 11.8. The molecule has 2 aromatic heterocycles. The molecule has 0 aromatic carbocycles. The van der Waals surface area contributed by atoms with Gasteiger partial charge in [-0.1, -0.05) is 6.07 Å². The van der Waals surface area contributed by atoms with Crippen LogP contribution in [0.15, 0.2) is 23.7 Å². The second kappa shape index (κ2) is 6.11. The van der Waals surface area contributed by atoms with Crippen molar-refractivity contribution in [2.75, 3.05) is 7.11 Å². The minimum absolute atomic E-state index is 0.115. The topological polar surface area (TPSA) is 101 Å². The Labute approximate surface area is 118 Å². The van der Waals surface area contributed by atoms with Gasteiger partial charge in [0.15, 0.2) is 10.7 Å². The predicted octanol–water partition coefficient (Wildman–Crippen LogP) is 1.17. The normalized spacial score (nSPS) is 10.1. The Hall–Kier alpha value is -2.48. The standard InChI is InChI=1S/C12H11N3O4S/c1-19-9-3-2-7(4-13-9)5-14-10(16)11-15-8(6-20-11)12(17)18/h2-4,6H,5H2,1H3,(H,14,16)(H,17,18). The average Bonchev–Trinajstić information content (AvgIpc) is 2.95. The maximum atomic E-state index is 11.8. The fourth-order valence-corrected chi connectivity index (χ4v) is 2.08. The molecule has 0 aliphatic heterocycles. The number of carbonyl (C=O) groups is 2. The second-order valence-corrected chi connectivity index (χ2v) is 4.59. The van der Waals surface area contributed by atoms with Crippen LogP contribution in [0.2, 0.25) is 0 Å². The molecule has 1 amide bonds. The Kier molecular flexibility index (Phi) is 4.26. The van der Waals surface area contributed by atoms with E-state index < -0.39 is 11.9 Å². The van der Waals surface area contributed by atoms with Crippen LogP contribution in [0.5, 0.6) is 5.88 Å². The van der Waals surface area contributed by atoms with Crippen LogP contribution in [0.4, 0.5) is 0 Å². The summed E-state index contributed by atoms with van der Waals surface area (Å²) in [5, 5.41) is 12.8. The number of thiazole rings is 1. The highest BCUT2D eigenvalue weighted by Crippen LogP contribution is 2.10. The number of ether oxygens (including phenoxy) is 1. The summed E-state index contributed by atoms with van der Waals surface area (Å²) in [5.41, 5.74) is 0.667. The van der Waals surface area contributed by atoms with Gasteiger partial charge in [-0.25, -0.2) is 14.8 Å². The van der Waals surface area contributed by atoms with Gasteiger partial charge >= 0.3 is 5.97 Å². The highest BCUT2D eigenvalue weighted by Gasteiger charge is 2.14. The van der Waals surface area contributed by atoms with Crippen LogP contribution in [0.1, 0.15) is 25.9 Å². The van der Waals surface area contributed by atoms with E-state index in [9.17, 15) is 9.59 Å². The van der Waals surface area contributed by atoms with E-state index in [0.717, 1.165) is 16.9 Å². The van der Waals surface area contributed by atoms with Gasteiger partial charge in [-0.2, -0.15) is 0 Å². The lowest BCUT2D eigenvalue weighted by atomic mass is 10.3. The highest BCUT2D eigenvalue weighted by molar-refractivity contribution is 7.11. The Morgan fingerprint density at radius 1 is 1.45 bits per heavy atom. The van der Waals surface area contributed by atoms with Crippen LogP contribution in [0.25, 0.3) is 0 Å². The number of amides is 1. The van der Waals surface area contributed by atoms with E-state index in [2.05, 4.69) is 15.3 Å². The molecule has 0 radical (unpaired) electrons. The molecule has 0 aliphatic rings. The smallest absolute Gasteiger partial charge is 0.355 e. The molecule has 0 atom stereocenters. The van der Waals surface area contributed by atoms with Crippen molar-refractivity contribution in [3.05, 3.63) is 40.0 Å². The van der Waals surface area contributed by atoms with Crippen molar-refractivity contribution < 1.29 is 19.4 Å². The average molecular weight is 293 g/mol. The van der Waals surface area contributed by atoms with Crippen molar-refractivity contribution in [1.29, 1.82) is 0 Å². The molecule has 2 heterocycles. The summed E-state index contributed by atoms with van der Waals surface area (Å²) in [7, 11) is 1.52. The number of hydrogen-bond acceptors (Lipinski definition) is 6. The number of methoxy groups -OCH3 is 1. The van der Waals surface area contributed by atoms with E-state index >= 15 is 0 Å². The molecule has 7 nitrogen and oxygen atoms in total. The van der Waals surface area contributed by atoms with Crippen LogP contribution < -0.4 is 10.1 Å². The summed E-state index contributed by atoms with van der Waals surface area (Å²) in [6.07, 6.45) is 1.59. The molecule has 20 heavy (non-hydrogen) atoms. The predicted molar refractivity (Wildman–Crippen MR) is 71.0 cm³/mol. The van der Waals surface area contributed by atoms with Crippen molar-refractivity contribution in [1.82, 2.24) is 15.3 Å². The molecule has 0 spiro atoms. The zero-order chi connectivity index (χ0) is 14.5. The third-order valence-corrected chi connectivity index (χ3v) is 3.22. The number of rotatable bonds is 5. The molecule has 104 valence electrons. The van der Waals surface area contributed by atoms with Crippen molar-refractivity contribution >= 4 is 23.2 Å². The number of aromatic nitrogens is 2. The lowest BCUT2D eigenvalue weighted by Crippen LogP contribution is -2.22. The van der Waals surface area contributed by atoms with Gasteiger partial charge in [-0.05, 0) is 5.56 Å². The van der Waals surface area contributed by atoms with Crippen LogP contribution in [-0.4, -0.2) is 34.1 Å². The number of carboxylic acid groups (broad SMARTS) is 1. The third-order valence-electron chi connectivity index (χ3n) is 2.38. The van der Waals surface area contributed by atoms with Gasteiger partial charge in [0.05, 0.1) is 7.11 Å². The molecule has 0 saturated heterocycles. The number of nitrogens with one attached hydrogen (secondary N) is 1. The lowest BCUT2D eigenvalue weighted by molar-refractivity contribution is 0.0691. The summed E-state index contributed by atoms with van der Waals surface area (Å²) < 4.78 is 4.93. The number of hydrogen-bond donors (Lipinski definition) is 2. The number of nitrogens with zero attached hydrogens (tertiary/aromatic N) is 2. The molecule has 2 aromatic rings. The number of aromatic carboxylic acids is 1. The van der Waals surface area contributed by atoms with E-state index in [1.54, 1.807) is 18.3 Å². The quantitative estimate of drug-likeness (QED) is 0.858. The van der Waals surface area contributed by atoms with Crippen LogP contribution in [-0.2, 0) is 6.54 Å². The fraction of sp³-hybridized carbons (Fsp3) is 0.167. The Morgan fingerprint density at radius 2 is 2.25 bits per heavy atom. The molecule has 0 saturated carbocycles. The van der Waals surface area contributed by atoms with Crippen molar-refractivity contribution in [3.8, 4) is 5.88 Å². The molecular weight excluding hydrogens is 282 g/mol. The molecule has 0 fully saturated rings. The Morgan fingerprint density at radius 3 is 2.80 bits per heavy atom. The Balaban J connectivity index is 1.95. The zero-order valence-corrected chi connectivity index (χ0v) is 11.3. The van der Waals surface area contributed by atoms with Crippen molar-refractivity contribution in [3.63, 3.8) is 0 Å².